The molecule has 2 N–H and O–H groups in total. The van der Waals surface area contributed by atoms with E-state index in [1.54, 1.807) is 11.8 Å². The van der Waals surface area contributed by atoms with Gasteiger partial charge in [-0.1, -0.05) is 32.8 Å². The topological polar surface area (TPSA) is 110 Å². The average Bonchev–Trinajstić information content (AvgIpc) is 3.41. The molecule has 8 nitrogen and oxygen atoms in total. The third-order valence-corrected chi connectivity index (χ3v) is 5.39. The van der Waals surface area contributed by atoms with E-state index in [-0.39, 0.29) is 12.3 Å². The first-order valence-electron chi connectivity index (χ1n) is 8.67. The van der Waals surface area contributed by atoms with Crippen LogP contribution in [0.25, 0.3) is 11.6 Å². The third kappa shape index (κ3) is 5.30. The van der Waals surface area contributed by atoms with Gasteiger partial charge in [0, 0.05) is 32.8 Å². The maximum absolute atomic E-state index is 12.2. The van der Waals surface area contributed by atoms with Crippen molar-refractivity contribution < 1.29 is 9.32 Å². The van der Waals surface area contributed by atoms with Crippen molar-refractivity contribution in [3.05, 3.63) is 65.2 Å². The molecule has 0 saturated carbocycles. The largest absolute Gasteiger partial charge is 0.339 e. The van der Waals surface area contributed by atoms with E-state index in [4.69, 9.17) is 4.52 Å². The number of hydrogen-bond donors (Lipinski definition) is 2. The lowest BCUT2D eigenvalue weighted by Gasteiger charge is -2.06. The van der Waals surface area contributed by atoms with Crippen molar-refractivity contribution in [2.75, 3.05) is 5.32 Å². The molecule has 0 fully saturated rings. The number of H-pyrrole nitrogens is 1. The summed E-state index contributed by atoms with van der Waals surface area (Å²) in [6.45, 7) is 0. The van der Waals surface area contributed by atoms with Gasteiger partial charge in [0.15, 0.2) is 5.82 Å². The zero-order valence-electron chi connectivity index (χ0n) is 15.0. The smallest absolute Gasteiger partial charge is 0.239 e. The minimum atomic E-state index is -0.127. The Kier molecular flexibility index (Phi) is 6.01. The maximum atomic E-state index is 12.2. The van der Waals surface area contributed by atoms with Crippen LogP contribution >= 0.6 is 27.7 Å². The van der Waals surface area contributed by atoms with E-state index < -0.39 is 0 Å². The highest BCUT2D eigenvalue weighted by atomic mass is 79.9. The molecule has 0 radical (unpaired) electrons. The van der Waals surface area contributed by atoms with Crippen LogP contribution in [-0.2, 0) is 11.2 Å². The maximum Gasteiger partial charge on any atom is 0.239 e. The number of anilines is 1. The molecule has 146 valence electrons. The normalized spacial score (nSPS) is 10.8. The van der Waals surface area contributed by atoms with Crippen LogP contribution in [0.2, 0.25) is 0 Å². The van der Waals surface area contributed by atoms with E-state index in [9.17, 15) is 4.79 Å². The lowest BCUT2D eigenvalue weighted by atomic mass is 10.2. The number of hydrogen-bond acceptors (Lipinski definition) is 7. The molecule has 2 aromatic carbocycles. The molecule has 2 heterocycles. The van der Waals surface area contributed by atoms with E-state index in [1.807, 2.05) is 36.4 Å². The summed E-state index contributed by atoms with van der Waals surface area (Å²) < 4.78 is 6.18. The Morgan fingerprint density at radius 2 is 1.83 bits per heavy atom. The van der Waals surface area contributed by atoms with Gasteiger partial charge in [-0.25, -0.2) is 4.98 Å². The standard InChI is InChI=1S/C19H15BrN6O2S/c20-12-1-5-14(6-2-12)29-15-7-3-13(4-8-15)23-16(27)9-10-17-24-19(26-28-17)18-21-11-22-25-18/h1-8,11H,9-10H2,(H,23,27)(H,21,22,25). The van der Waals surface area contributed by atoms with Crippen LogP contribution in [0.5, 0.6) is 0 Å². The molecule has 0 aliphatic carbocycles. The second kappa shape index (κ2) is 9.01. The summed E-state index contributed by atoms with van der Waals surface area (Å²) in [5, 5.41) is 13.1. The van der Waals surface area contributed by atoms with Gasteiger partial charge in [-0.15, -0.1) is 0 Å². The number of rotatable bonds is 7. The lowest BCUT2D eigenvalue weighted by molar-refractivity contribution is -0.116. The molecule has 4 rings (SSSR count). The van der Waals surface area contributed by atoms with Gasteiger partial charge in [0.25, 0.3) is 0 Å². The first-order chi connectivity index (χ1) is 14.2. The number of nitrogens with zero attached hydrogens (tertiary/aromatic N) is 4. The molecule has 2 aromatic heterocycles. The van der Waals surface area contributed by atoms with Gasteiger partial charge >= 0.3 is 0 Å². The number of benzene rings is 2. The quantitative estimate of drug-likeness (QED) is 0.413. The summed E-state index contributed by atoms with van der Waals surface area (Å²) in [6.07, 6.45) is 1.93. The predicted octanol–water partition coefficient (Wildman–Crippen LogP) is 4.34. The van der Waals surface area contributed by atoms with Gasteiger partial charge in [0.1, 0.15) is 6.33 Å². The average molecular weight is 471 g/mol. The summed E-state index contributed by atoms with van der Waals surface area (Å²) in [6, 6.07) is 15.8. The van der Waals surface area contributed by atoms with Gasteiger partial charge < -0.3 is 9.84 Å². The molecule has 0 atom stereocenters. The van der Waals surface area contributed by atoms with Gasteiger partial charge in [-0.2, -0.15) is 10.1 Å². The molecule has 0 aliphatic rings. The van der Waals surface area contributed by atoms with E-state index >= 15 is 0 Å². The van der Waals surface area contributed by atoms with Crippen molar-refractivity contribution in [2.45, 2.75) is 22.6 Å². The van der Waals surface area contributed by atoms with Crippen molar-refractivity contribution in [1.29, 1.82) is 0 Å². The first kappa shape index (κ1) is 19.3. The van der Waals surface area contributed by atoms with Crippen molar-refractivity contribution in [3.8, 4) is 11.6 Å². The fourth-order valence-corrected chi connectivity index (χ4v) is 3.54. The number of nitrogens with one attached hydrogen (secondary N) is 2. The SMILES string of the molecule is O=C(CCc1nc(-c2ncn[nH]2)no1)Nc1ccc(Sc2ccc(Br)cc2)cc1. The highest BCUT2D eigenvalue weighted by molar-refractivity contribution is 9.10. The van der Waals surface area contributed by atoms with E-state index in [1.165, 1.54) is 6.33 Å². The zero-order valence-corrected chi connectivity index (χ0v) is 17.4. The molecule has 29 heavy (non-hydrogen) atoms. The van der Waals surface area contributed by atoms with Crippen LogP contribution in [0.3, 0.4) is 0 Å². The van der Waals surface area contributed by atoms with Gasteiger partial charge in [0.2, 0.25) is 17.6 Å². The monoisotopic (exact) mass is 470 g/mol. The van der Waals surface area contributed by atoms with Crippen molar-refractivity contribution >= 4 is 39.3 Å². The second-order valence-electron chi connectivity index (χ2n) is 5.97. The summed E-state index contributed by atoms with van der Waals surface area (Å²) in [5.74, 6) is 0.979. The zero-order chi connectivity index (χ0) is 20.1. The fourth-order valence-electron chi connectivity index (χ4n) is 2.45. The summed E-state index contributed by atoms with van der Waals surface area (Å²) in [4.78, 5) is 22.6. The number of carbonyl (C=O) groups excluding carboxylic acids is 1. The van der Waals surface area contributed by atoms with Crippen molar-refractivity contribution in [2.24, 2.45) is 0 Å². The molecule has 0 spiro atoms. The lowest BCUT2D eigenvalue weighted by Crippen LogP contribution is -2.12. The molecule has 0 aliphatic heterocycles. The van der Waals surface area contributed by atoms with Crippen molar-refractivity contribution in [1.82, 2.24) is 25.3 Å². The number of amides is 1. The van der Waals surface area contributed by atoms with E-state index in [2.05, 4.69) is 58.7 Å². The Labute approximate surface area is 178 Å². The molecule has 4 aromatic rings. The van der Waals surface area contributed by atoms with E-state index in [0.717, 1.165) is 20.0 Å². The second-order valence-corrected chi connectivity index (χ2v) is 8.04. The van der Waals surface area contributed by atoms with Gasteiger partial charge in [0.05, 0.1) is 0 Å². The Hall–Kier alpha value is -2.98. The Morgan fingerprint density at radius 3 is 2.52 bits per heavy atom. The number of aromatic nitrogens is 5. The predicted molar refractivity (Wildman–Crippen MR) is 111 cm³/mol. The third-order valence-electron chi connectivity index (χ3n) is 3.85. The molecule has 0 saturated heterocycles. The summed E-state index contributed by atoms with van der Waals surface area (Å²) >= 11 is 5.09. The van der Waals surface area contributed by atoms with Crippen LogP contribution in [0.1, 0.15) is 12.3 Å². The van der Waals surface area contributed by atoms with Crippen LogP contribution in [-0.4, -0.2) is 31.2 Å². The number of aryl methyl sites for hydroxylation is 1. The van der Waals surface area contributed by atoms with Crippen LogP contribution in [0, 0.1) is 0 Å². The first-order valence-corrected chi connectivity index (χ1v) is 10.3. The molecular formula is C19H15BrN6O2S. The molecule has 10 heteroatoms. The van der Waals surface area contributed by atoms with Crippen LogP contribution < -0.4 is 5.32 Å². The summed E-state index contributed by atoms with van der Waals surface area (Å²) in [7, 11) is 0. The molecular weight excluding hydrogens is 456 g/mol. The highest BCUT2D eigenvalue weighted by Gasteiger charge is 2.12. The Bertz CT molecular complexity index is 1080. The highest BCUT2D eigenvalue weighted by Crippen LogP contribution is 2.29. The van der Waals surface area contributed by atoms with Crippen LogP contribution in [0.15, 0.2) is 73.6 Å². The van der Waals surface area contributed by atoms with Gasteiger partial charge in [-0.05, 0) is 48.5 Å². The Balaban J connectivity index is 1.27. The summed E-state index contributed by atoms with van der Waals surface area (Å²) in [5.41, 5.74) is 0.739. The minimum absolute atomic E-state index is 0.127. The minimum Gasteiger partial charge on any atom is -0.339 e. The van der Waals surface area contributed by atoms with Gasteiger partial charge in [-0.3, -0.25) is 9.89 Å². The molecule has 0 unspecified atom stereocenters. The fraction of sp³-hybridized carbons (Fsp3) is 0.105. The Morgan fingerprint density at radius 1 is 1.10 bits per heavy atom. The number of carbonyl (C=O) groups is 1. The van der Waals surface area contributed by atoms with Crippen molar-refractivity contribution in [3.63, 3.8) is 0 Å². The van der Waals surface area contributed by atoms with E-state index in [0.29, 0.717) is 24.0 Å². The number of aromatic amines is 1. The molecule has 1 amide bonds. The van der Waals surface area contributed by atoms with Crippen LogP contribution in [0.4, 0.5) is 5.69 Å². The molecule has 0 bridgehead atoms. The number of halogens is 1.